The lowest BCUT2D eigenvalue weighted by molar-refractivity contribution is 0.109. The zero-order chi connectivity index (χ0) is 18.9. The fourth-order valence-corrected chi connectivity index (χ4v) is 3.26. The minimum absolute atomic E-state index is 0. The summed E-state index contributed by atoms with van der Waals surface area (Å²) in [5, 5.41) is 3.36. The van der Waals surface area contributed by atoms with Gasteiger partial charge in [0.15, 0.2) is 5.96 Å². The molecule has 0 bridgehead atoms. The molecule has 0 saturated carbocycles. The molecule has 7 heteroatoms. The molecule has 1 saturated heterocycles. The summed E-state index contributed by atoms with van der Waals surface area (Å²) in [4.78, 5) is 12.0. The zero-order valence-corrected chi connectivity index (χ0v) is 19.4. The summed E-state index contributed by atoms with van der Waals surface area (Å²) in [5.74, 6) is 0.699. The number of guanidine groups is 1. The van der Waals surface area contributed by atoms with E-state index >= 15 is 0 Å². The zero-order valence-electron chi connectivity index (χ0n) is 17.1. The molecule has 0 aromatic heterocycles. The van der Waals surface area contributed by atoms with E-state index in [2.05, 4.69) is 40.8 Å². The van der Waals surface area contributed by atoms with Gasteiger partial charge in [-0.3, -0.25) is 9.89 Å². The molecule has 0 radical (unpaired) electrons. The van der Waals surface area contributed by atoms with Gasteiger partial charge in [-0.25, -0.2) is 4.39 Å². The minimum Gasteiger partial charge on any atom is -0.357 e. The smallest absolute Gasteiger partial charge is 0.194 e. The number of hydrogen-bond acceptors (Lipinski definition) is 3. The first-order chi connectivity index (χ1) is 12.5. The first-order valence-electron chi connectivity index (χ1n) is 9.73. The van der Waals surface area contributed by atoms with Gasteiger partial charge in [0.1, 0.15) is 5.82 Å². The number of hydrogen-bond donors (Lipinski definition) is 1. The molecule has 2 rings (SSSR count). The second-order valence-electron chi connectivity index (χ2n) is 7.00. The molecule has 1 aromatic rings. The maximum absolute atomic E-state index is 13.1. The van der Waals surface area contributed by atoms with E-state index in [-0.39, 0.29) is 29.8 Å². The van der Waals surface area contributed by atoms with Gasteiger partial charge in [0, 0.05) is 52.4 Å². The molecule has 1 heterocycles. The van der Waals surface area contributed by atoms with Crippen molar-refractivity contribution in [3.05, 3.63) is 35.6 Å². The van der Waals surface area contributed by atoms with Crippen molar-refractivity contribution in [2.45, 2.75) is 33.4 Å². The fourth-order valence-electron chi connectivity index (χ4n) is 3.26. The van der Waals surface area contributed by atoms with Crippen LogP contribution in [0.15, 0.2) is 29.3 Å². The van der Waals surface area contributed by atoms with Crippen LogP contribution < -0.4 is 5.32 Å². The van der Waals surface area contributed by atoms with E-state index in [1.165, 1.54) is 12.1 Å². The maximum Gasteiger partial charge on any atom is 0.194 e. The van der Waals surface area contributed by atoms with E-state index in [1.54, 1.807) is 0 Å². The summed E-state index contributed by atoms with van der Waals surface area (Å²) in [5.41, 5.74) is 1.07. The lowest BCUT2D eigenvalue weighted by atomic mass is 10.2. The number of nitrogens with one attached hydrogen (secondary N) is 1. The quantitative estimate of drug-likeness (QED) is 0.362. The van der Waals surface area contributed by atoms with Crippen LogP contribution in [0.5, 0.6) is 0 Å². The highest BCUT2D eigenvalue weighted by molar-refractivity contribution is 14.0. The molecular weight excluding hydrogens is 456 g/mol. The van der Waals surface area contributed by atoms with Crippen molar-refractivity contribution in [1.82, 2.24) is 20.0 Å². The maximum atomic E-state index is 13.1. The van der Waals surface area contributed by atoms with Crippen molar-refractivity contribution >= 4 is 29.9 Å². The molecule has 1 N–H and O–H groups in total. The molecule has 0 amide bonds. The fraction of sp³-hybridized carbons (Fsp3) is 0.650. The van der Waals surface area contributed by atoms with Gasteiger partial charge in [-0.15, -0.1) is 24.0 Å². The molecule has 1 unspecified atom stereocenters. The van der Waals surface area contributed by atoms with Crippen molar-refractivity contribution in [2.75, 3.05) is 52.9 Å². The largest absolute Gasteiger partial charge is 0.357 e. The second-order valence-corrected chi connectivity index (χ2v) is 7.00. The molecule has 1 aromatic carbocycles. The standard InChI is InChI=1S/C20H34FN5.HI/c1-5-22-20(24(4)16-18-7-9-19(21)10-8-18)23-15-17(3)26-13-11-25(6-2)12-14-26;/h7-10,17H,5-6,11-16H2,1-4H3,(H,22,23);1H. The molecule has 27 heavy (non-hydrogen) atoms. The third-order valence-corrected chi connectivity index (χ3v) is 5.01. The van der Waals surface area contributed by atoms with Gasteiger partial charge >= 0.3 is 0 Å². The SMILES string of the molecule is CCNC(=NCC(C)N1CCN(CC)CC1)N(C)Cc1ccc(F)cc1.I. The van der Waals surface area contributed by atoms with Crippen LogP contribution in [0.1, 0.15) is 26.3 Å². The molecule has 0 aliphatic carbocycles. The first kappa shape index (κ1) is 24.1. The highest BCUT2D eigenvalue weighted by Crippen LogP contribution is 2.08. The Kier molecular flexibility index (Phi) is 11.2. The number of likely N-dealkylation sites (N-methyl/N-ethyl adjacent to an activating group) is 1. The molecule has 1 atom stereocenters. The Bertz CT molecular complexity index is 558. The van der Waals surface area contributed by atoms with E-state index in [9.17, 15) is 4.39 Å². The van der Waals surface area contributed by atoms with Crippen LogP contribution in [0.4, 0.5) is 4.39 Å². The Morgan fingerprint density at radius 3 is 2.37 bits per heavy atom. The normalized spacial score (nSPS) is 17.3. The molecule has 1 aliphatic rings. The van der Waals surface area contributed by atoms with Crippen LogP contribution in [-0.2, 0) is 6.54 Å². The Balaban J connectivity index is 0.00000364. The number of piperazine rings is 1. The topological polar surface area (TPSA) is 34.1 Å². The lowest BCUT2D eigenvalue weighted by Gasteiger charge is -2.37. The summed E-state index contributed by atoms with van der Waals surface area (Å²) < 4.78 is 13.1. The van der Waals surface area contributed by atoms with Gasteiger partial charge in [0.25, 0.3) is 0 Å². The Morgan fingerprint density at radius 2 is 1.81 bits per heavy atom. The summed E-state index contributed by atoms with van der Waals surface area (Å²) >= 11 is 0. The van der Waals surface area contributed by atoms with E-state index in [0.29, 0.717) is 12.6 Å². The van der Waals surface area contributed by atoms with Crippen LogP contribution in [-0.4, -0.2) is 79.6 Å². The van der Waals surface area contributed by atoms with E-state index in [4.69, 9.17) is 4.99 Å². The van der Waals surface area contributed by atoms with Crippen molar-refractivity contribution in [2.24, 2.45) is 4.99 Å². The van der Waals surface area contributed by atoms with Gasteiger partial charge in [-0.2, -0.15) is 0 Å². The highest BCUT2D eigenvalue weighted by atomic mass is 127. The second kappa shape index (κ2) is 12.5. The van der Waals surface area contributed by atoms with Crippen LogP contribution in [0.25, 0.3) is 0 Å². The van der Waals surface area contributed by atoms with Crippen LogP contribution in [0.3, 0.4) is 0 Å². The average Bonchev–Trinajstić information content (AvgIpc) is 2.66. The van der Waals surface area contributed by atoms with Crippen molar-refractivity contribution < 1.29 is 4.39 Å². The first-order valence-corrected chi connectivity index (χ1v) is 9.73. The number of benzene rings is 1. The van der Waals surface area contributed by atoms with Crippen molar-refractivity contribution in [3.63, 3.8) is 0 Å². The van der Waals surface area contributed by atoms with Gasteiger partial charge < -0.3 is 15.1 Å². The number of nitrogens with zero attached hydrogens (tertiary/aromatic N) is 4. The number of rotatable bonds is 7. The van der Waals surface area contributed by atoms with Crippen LogP contribution in [0.2, 0.25) is 0 Å². The third kappa shape index (κ3) is 7.91. The lowest BCUT2D eigenvalue weighted by Crippen LogP contribution is -2.50. The predicted molar refractivity (Wildman–Crippen MR) is 122 cm³/mol. The van der Waals surface area contributed by atoms with Gasteiger partial charge in [-0.05, 0) is 38.1 Å². The molecule has 1 fully saturated rings. The van der Waals surface area contributed by atoms with Crippen molar-refractivity contribution in [1.29, 1.82) is 0 Å². The minimum atomic E-state index is -0.200. The monoisotopic (exact) mass is 491 g/mol. The number of aliphatic imine (C=N–C) groups is 1. The number of halogens is 2. The van der Waals surface area contributed by atoms with E-state index < -0.39 is 0 Å². The van der Waals surface area contributed by atoms with Crippen molar-refractivity contribution in [3.8, 4) is 0 Å². The van der Waals surface area contributed by atoms with Crippen LogP contribution >= 0.6 is 24.0 Å². The molecular formula is C20H35FIN5. The highest BCUT2D eigenvalue weighted by Gasteiger charge is 2.20. The molecule has 5 nitrogen and oxygen atoms in total. The van der Waals surface area contributed by atoms with E-state index in [1.807, 2.05) is 19.2 Å². The van der Waals surface area contributed by atoms with Gasteiger partial charge in [0.05, 0.1) is 6.54 Å². The summed E-state index contributed by atoms with van der Waals surface area (Å²) in [6, 6.07) is 7.09. The molecule has 1 aliphatic heterocycles. The van der Waals surface area contributed by atoms with Gasteiger partial charge in [0.2, 0.25) is 0 Å². The van der Waals surface area contributed by atoms with Crippen LogP contribution in [0, 0.1) is 5.82 Å². The summed E-state index contributed by atoms with van der Waals surface area (Å²) in [6.07, 6.45) is 0. The average molecular weight is 491 g/mol. The Hall–Kier alpha value is -0.930. The molecule has 0 spiro atoms. The third-order valence-electron chi connectivity index (χ3n) is 5.01. The van der Waals surface area contributed by atoms with Gasteiger partial charge in [-0.1, -0.05) is 19.1 Å². The predicted octanol–water partition coefficient (Wildman–Crippen LogP) is 2.87. The Morgan fingerprint density at radius 1 is 1.19 bits per heavy atom. The van der Waals surface area contributed by atoms with E-state index in [0.717, 1.165) is 57.3 Å². The summed E-state index contributed by atoms with van der Waals surface area (Å²) in [6.45, 7) is 14.5. The Labute approximate surface area is 181 Å². The molecule has 154 valence electrons. The summed E-state index contributed by atoms with van der Waals surface area (Å²) in [7, 11) is 2.02.